The first-order valence-electron chi connectivity index (χ1n) is 8.08. The van der Waals surface area contributed by atoms with Gasteiger partial charge in [-0.25, -0.2) is 18.5 Å². The number of primary sulfonamides is 1. The van der Waals surface area contributed by atoms with Gasteiger partial charge in [0.1, 0.15) is 0 Å². The third kappa shape index (κ3) is 7.30. The molecule has 0 bridgehead atoms. The van der Waals surface area contributed by atoms with Crippen LogP contribution < -0.4 is 15.8 Å². The summed E-state index contributed by atoms with van der Waals surface area (Å²) in [5.41, 5.74) is 3.31. The van der Waals surface area contributed by atoms with Gasteiger partial charge >= 0.3 is 0 Å². The molecule has 26 heavy (non-hydrogen) atoms. The van der Waals surface area contributed by atoms with Crippen molar-refractivity contribution in [3.05, 3.63) is 65.2 Å². The first kappa shape index (κ1) is 22.4. The van der Waals surface area contributed by atoms with Gasteiger partial charge in [0.2, 0.25) is 10.0 Å². The van der Waals surface area contributed by atoms with Crippen molar-refractivity contribution >= 4 is 40.0 Å². The lowest BCUT2D eigenvalue weighted by Crippen LogP contribution is -2.36. The van der Waals surface area contributed by atoms with Crippen LogP contribution in [0.15, 0.2) is 58.4 Å². The number of halogens is 1. The normalized spacial score (nSPS) is 11.6. The smallest absolute Gasteiger partial charge is 0.238 e. The Labute approximate surface area is 172 Å². The SMILES string of the molecule is CCNC(=NCc1ccc(S(N)(=O)=O)cc1)NCc1ccc(C)cc1.I. The lowest BCUT2D eigenvalue weighted by Gasteiger charge is -2.11. The molecule has 0 aliphatic heterocycles. The summed E-state index contributed by atoms with van der Waals surface area (Å²) < 4.78 is 22.5. The van der Waals surface area contributed by atoms with Gasteiger partial charge < -0.3 is 10.6 Å². The van der Waals surface area contributed by atoms with Crippen LogP contribution in [-0.2, 0) is 23.1 Å². The second-order valence-electron chi connectivity index (χ2n) is 5.72. The molecule has 8 heteroatoms. The molecule has 0 saturated heterocycles. The fourth-order valence-corrected chi connectivity index (χ4v) is 2.70. The van der Waals surface area contributed by atoms with Crippen molar-refractivity contribution in [1.82, 2.24) is 10.6 Å². The molecule has 142 valence electrons. The van der Waals surface area contributed by atoms with E-state index in [2.05, 4.69) is 46.8 Å². The van der Waals surface area contributed by atoms with E-state index in [4.69, 9.17) is 5.14 Å². The number of aryl methyl sites for hydroxylation is 1. The van der Waals surface area contributed by atoms with Crippen molar-refractivity contribution < 1.29 is 8.42 Å². The molecular weight excluding hydrogens is 463 g/mol. The van der Waals surface area contributed by atoms with Gasteiger partial charge in [0.25, 0.3) is 0 Å². The molecule has 0 radical (unpaired) electrons. The zero-order valence-electron chi connectivity index (χ0n) is 14.9. The molecular formula is C18H25IN4O2S. The quantitative estimate of drug-likeness (QED) is 0.331. The molecule has 0 spiro atoms. The van der Waals surface area contributed by atoms with Gasteiger partial charge in [0.15, 0.2) is 5.96 Å². The Balaban J connectivity index is 0.00000338. The molecule has 6 nitrogen and oxygen atoms in total. The zero-order chi connectivity index (χ0) is 18.3. The van der Waals surface area contributed by atoms with E-state index in [1.165, 1.54) is 23.3 Å². The maximum atomic E-state index is 11.3. The molecule has 0 atom stereocenters. The van der Waals surface area contributed by atoms with Crippen LogP contribution in [0.4, 0.5) is 0 Å². The molecule has 0 aliphatic carbocycles. The molecule has 0 saturated carbocycles. The summed E-state index contributed by atoms with van der Waals surface area (Å²) in [7, 11) is -3.66. The van der Waals surface area contributed by atoms with Crippen molar-refractivity contribution in [3.63, 3.8) is 0 Å². The van der Waals surface area contributed by atoms with Crippen LogP contribution in [-0.4, -0.2) is 20.9 Å². The molecule has 2 aromatic rings. The molecule has 0 amide bonds. The Bertz CT molecular complexity index is 819. The van der Waals surface area contributed by atoms with Crippen LogP contribution in [0.25, 0.3) is 0 Å². The van der Waals surface area contributed by atoms with Crippen molar-refractivity contribution in [2.24, 2.45) is 10.1 Å². The van der Waals surface area contributed by atoms with E-state index in [1.807, 2.05) is 6.92 Å². The summed E-state index contributed by atoms with van der Waals surface area (Å²) in [6.07, 6.45) is 0. The first-order chi connectivity index (χ1) is 11.9. The van der Waals surface area contributed by atoms with Crippen molar-refractivity contribution in [2.75, 3.05) is 6.54 Å². The predicted octanol–water partition coefficient (Wildman–Crippen LogP) is 2.52. The van der Waals surface area contributed by atoms with Gasteiger partial charge in [0.05, 0.1) is 11.4 Å². The third-order valence-corrected chi connectivity index (χ3v) is 4.53. The Morgan fingerprint density at radius 2 is 1.58 bits per heavy atom. The van der Waals surface area contributed by atoms with Gasteiger partial charge in [-0.15, -0.1) is 24.0 Å². The van der Waals surface area contributed by atoms with Crippen LogP contribution in [0.3, 0.4) is 0 Å². The number of benzene rings is 2. The largest absolute Gasteiger partial charge is 0.357 e. The van der Waals surface area contributed by atoms with Crippen molar-refractivity contribution in [3.8, 4) is 0 Å². The molecule has 0 heterocycles. The Kier molecular flexibility index (Phi) is 9.03. The molecule has 0 fully saturated rings. The highest BCUT2D eigenvalue weighted by Gasteiger charge is 2.06. The number of nitrogens with zero attached hydrogens (tertiary/aromatic N) is 1. The highest BCUT2D eigenvalue weighted by atomic mass is 127. The first-order valence-corrected chi connectivity index (χ1v) is 9.62. The third-order valence-electron chi connectivity index (χ3n) is 3.60. The van der Waals surface area contributed by atoms with Crippen LogP contribution in [0.1, 0.15) is 23.6 Å². The van der Waals surface area contributed by atoms with Gasteiger partial charge in [0, 0.05) is 13.1 Å². The summed E-state index contributed by atoms with van der Waals surface area (Å²) in [5, 5.41) is 11.6. The Hall–Kier alpha value is -1.65. The summed E-state index contributed by atoms with van der Waals surface area (Å²) in [6, 6.07) is 14.7. The van der Waals surface area contributed by atoms with E-state index in [1.54, 1.807) is 12.1 Å². The standard InChI is InChI=1S/C18H24N4O2S.HI/c1-3-20-18(21-12-15-6-4-14(2)5-7-15)22-13-16-8-10-17(11-9-16)25(19,23)24;/h4-11H,3,12-13H2,1-2H3,(H2,19,23,24)(H2,20,21,22);1H. The van der Waals surface area contributed by atoms with Crippen LogP contribution in [0.5, 0.6) is 0 Å². The second kappa shape index (κ2) is 10.5. The molecule has 2 rings (SSSR count). The highest BCUT2D eigenvalue weighted by molar-refractivity contribution is 14.0. The average molecular weight is 488 g/mol. The highest BCUT2D eigenvalue weighted by Crippen LogP contribution is 2.09. The maximum absolute atomic E-state index is 11.3. The van der Waals surface area contributed by atoms with E-state index < -0.39 is 10.0 Å². The number of aliphatic imine (C=N–C) groups is 1. The van der Waals surface area contributed by atoms with Crippen molar-refractivity contribution in [2.45, 2.75) is 31.8 Å². The number of sulfonamides is 1. The monoisotopic (exact) mass is 488 g/mol. The average Bonchev–Trinajstić information content (AvgIpc) is 2.58. The molecule has 4 N–H and O–H groups in total. The number of rotatable bonds is 6. The minimum atomic E-state index is -3.66. The fraction of sp³-hybridized carbons (Fsp3) is 0.278. The summed E-state index contributed by atoms with van der Waals surface area (Å²) >= 11 is 0. The summed E-state index contributed by atoms with van der Waals surface area (Å²) in [4.78, 5) is 4.62. The number of hydrogen-bond acceptors (Lipinski definition) is 3. The van der Waals surface area contributed by atoms with Gasteiger partial charge in [-0.1, -0.05) is 42.0 Å². The second-order valence-corrected chi connectivity index (χ2v) is 7.28. The van der Waals surface area contributed by atoms with E-state index in [-0.39, 0.29) is 28.9 Å². The summed E-state index contributed by atoms with van der Waals surface area (Å²) in [5.74, 6) is 0.707. The van der Waals surface area contributed by atoms with Crippen LogP contribution in [0.2, 0.25) is 0 Å². The topological polar surface area (TPSA) is 96.6 Å². The van der Waals surface area contributed by atoms with Crippen LogP contribution in [0, 0.1) is 6.92 Å². The Morgan fingerprint density at radius 1 is 1.00 bits per heavy atom. The van der Waals surface area contributed by atoms with Crippen LogP contribution >= 0.6 is 24.0 Å². The van der Waals surface area contributed by atoms with E-state index >= 15 is 0 Å². The van der Waals surface area contributed by atoms with E-state index in [9.17, 15) is 8.42 Å². The molecule has 2 aromatic carbocycles. The Morgan fingerprint density at radius 3 is 2.12 bits per heavy atom. The number of nitrogens with one attached hydrogen (secondary N) is 2. The lowest BCUT2D eigenvalue weighted by molar-refractivity contribution is 0.598. The van der Waals surface area contributed by atoms with Gasteiger partial charge in [-0.05, 0) is 37.1 Å². The molecule has 0 unspecified atom stereocenters. The molecule has 0 aliphatic rings. The zero-order valence-corrected chi connectivity index (χ0v) is 18.0. The maximum Gasteiger partial charge on any atom is 0.238 e. The van der Waals surface area contributed by atoms with E-state index in [0.717, 1.165) is 12.1 Å². The van der Waals surface area contributed by atoms with Gasteiger partial charge in [-0.3, -0.25) is 0 Å². The number of guanidine groups is 1. The number of hydrogen-bond donors (Lipinski definition) is 3. The minimum absolute atomic E-state index is 0. The molecule has 0 aromatic heterocycles. The van der Waals surface area contributed by atoms with E-state index in [0.29, 0.717) is 19.0 Å². The lowest BCUT2D eigenvalue weighted by atomic mass is 10.1. The minimum Gasteiger partial charge on any atom is -0.357 e. The predicted molar refractivity (Wildman–Crippen MR) is 116 cm³/mol. The summed E-state index contributed by atoms with van der Waals surface area (Å²) in [6.45, 7) is 5.93. The van der Waals surface area contributed by atoms with Crippen molar-refractivity contribution in [1.29, 1.82) is 0 Å². The number of nitrogens with two attached hydrogens (primary N) is 1. The fourth-order valence-electron chi connectivity index (χ4n) is 2.19. The van der Waals surface area contributed by atoms with Gasteiger partial charge in [-0.2, -0.15) is 0 Å².